The molecule has 0 aliphatic carbocycles. The van der Waals surface area contributed by atoms with Crippen molar-refractivity contribution in [2.45, 2.75) is 32.8 Å². The highest BCUT2D eigenvalue weighted by atomic mass is 16.5. The average molecular weight is 517 g/mol. The van der Waals surface area contributed by atoms with Crippen molar-refractivity contribution in [3.8, 4) is 11.5 Å². The minimum atomic E-state index is -0.407. The summed E-state index contributed by atoms with van der Waals surface area (Å²) in [6, 6.07) is 14.5. The number of hydrogen-bond acceptors (Lipinski definition) is 8. The van der Waals surface area contributed by atoms with Crippen LogP contribution in [0.1, 0.15) is 42.6 Å². The Kier molecular flexibility index (Phi) is 8.92. The first-order valence-electron chi connectivity index (χ1n) is 12.6. The Hall–Kier alpha value is -4.40. The van der Waals surface area contributed by atoms with E-state index in [1.54, 1.807) is 43.5 Å². The number of hydrogen-bond donors (Lipinski definition) is 1. The van der Waals surface area contributed by atoms with E-state index in [1.807, 2.05) is 31.2 Å². The number of rotatable bonds is 9. The van der Waals surface area contributed by atoms with Crippen molar-refractivity contribution < 1.29 is 23.8 Å². The van der Waals surface area contributed by atoms with Gasteiger partial charge in [-0.1, -0.05) is 24.3 Å². The monoisotopic (exact) mass is 516 g/mol. The summed E-state index contributed by atoms with van der Waals surface area (Å²) in [6.07, 6.45) is 6.79. The van der Waals surface area contributed by atoms with Gasteiger partial charge >= 0.3 is 5.97 Å². The Morgan fingerprint density at radius 1 is 1.11 bits per heavy atom. The highest BCUT2D eigenvalue weighted by molar-refractivity contribution is 6.05. The van der Waals surface area contributed by atoms with Gasteiger partial charge in [-0.05, 0) is 62.6 Å². The molecular formula is C29H32N4O5. The maximum Gasteiger partial charge on any atom is 0.337 e. The molecule has 2 aromatic carbocycles. The van der Waals surface area contributed by atoms with Crippen molar-refractivity contribution in [1.82, 2.24) is 9.97 Å². The zero-order valence-corrected chi connectivity index (χ0v) is 21.8. The van der Waals surface area contributed by atoms with Gasteiger partial charge in [0.15, 0.2) is 17.3 Å². The Morgan fingerprint density at radius 2 is 1.87 bits per heavy atom. The molecule has 0 bridgehead atoms. The van der Waals surface area contributed by atoms with E-state index in [-0.39, 0.29) is 12.0 Å². The van der Waals surface area contributed by atoms with Crippen LogP contribution < -0.4 is 19.7 Å². The first-order valence-corrected chi connectivity index (χ1v) is 12.6. The molecule has 0 saturated carbocycles. The fraction of sp³-hybridized carbons (Fsp3) is 0.310. The van der Waals surface area contributed by atoms with Gasteiger partial charge in [0.1, 0.15) is 11.9 Å². The summed E-state index contributed by atoms with van der Waals surface area (Å²) < 4.78 is 16.7. The van der Waals surface area contributed by atoms with Crippen LogP contribution in [0.3, 0.4) is 0 Å². The molecule has 1 N–H and O–H groups in total. The number of piperidine rings is 1. The number of amides is 1. The largest absolute Gasteiger partial charge is 0.490 e. The van der Waals surface area contributed by atoms with Crippen molar-refractivity contribution in [2.24, 2.45) is 0 Å². The topological polar surface area (TPSA) is 103 Å². The molecule has 9 nitrogen and oxygen atoms in total. The van der Waals surface area contributed by atoms with Crippen LogP contribution in [0.4, 0.5) is 11.6 Å². The second-order valence-electron chi connectivity index (χ2n) is 8.87. The van der Waals surface area contributed by atoms with Crippen molar-refractivity contribution in [2.75, 3.05) is 37.0 Å². The highest BCUT2D eigenvalue weighted by Crippen LogP contribution is 2.30. The fourth-order valence-electron chi connectivity index (χ4n) is 4.18. The number of methoxy groups -OCH3 is 1. The summed E-state index contributed by atoms with van der Waals surface area (Å²) in [4.78, 5) is 35.4. The molecule has 1 amide bonds. The lowest BCUT2D eigenvalue weighted by atomic mass is 10.1. The lowest BCUT2D eigenvalue weighted by Gasteiger charge is -2.33. The lowest BCUT2D eigenvalue weighted by molar-refractivity contribution is -0.112. The second-order valence-corrected chi connectivity index (χ2v) is 8.87. The van der Waals surface area contributed by atoms with E-state index >= 15 is 0 Å². The molecule has 1 saturated heterocycles. The van der Waals surface area contributed by atoms with Crippen LogP contribution in [-0.4, -0.2) is 54.8 Å². The van der Waals surface area contributed by atoms with Gasteiger partial charge < -0.3 is 24.4 Å². The summed E-state index contributed by atoms with van der Waals surface area (Å²) in [5.74, 6) is 1.81. The number of carbonyl (C=O) groups is 2. The molecule has 1 aliphatic heterocycles. The number of ether oxygens (including phenoxy) is 3. The third-order valence-electron chi connectivity index (χ3n) is 6.08. The zero-order chi connectivity index (χ0) is 26.9. The number of anilines is 2. The van der Waals surface area contributed by atoms with E-state index in [4.69, 9.17) is 14.2 Å². The maximum absolute atomic E-state index is 12.8. The molecule has 0 radical (unpaired) electrons. The predicted octanol–water partition coefficient (Wildman–Crippen LogP) is 4.75. The smallest absolute Gasteiger partial charge is 0.337 e. The third-order valence-corrected chi connectivity index (χ3v) is 6.08. The fourth-order valence-corrected chi connectivity index (χ4v) is 4.18. The molecule has 3 aromatic rings. The molecule has 38 heavy (non-hydrogen) atoms. The van der Waals surface area contributed by atoms with Crippen LogP contribution in [0, 0.1) is 0 Å². The molecule has 9 heteroatoms. The van der Waals surface area contributed by atoms with E-state index in [2.05, 4.69) is 20.2 Å². The van der Waals surface area contributed by atoms with Crippen LogP contribution in [0.5, 0.6) is 11.5 Å². The summed E-state index contributed by atoms with van der Waals surface area (Å²) in [5.41, 5.74) is 1.72. The highest BCUT2D eigenvalue weighted by Gasteiger charge is 2.24. The average Bonchev–Trinajstić information content (AvgIpc) is 2.94. The Bertz CT molecular complexity index is 1290. The molecule has 1 fully saturated rings. The zero-order valence-electron chi connectivity index (χ0n) is 21.8. The van der Waals surface area contributed by atoms with Gasteiger partial charge in [0.05, 0.1) is 38.2 Å². The first-order chi connectivity index (χ1) is 18.5. The number of carbonyl (C=O) groups excluding carboxylic acids is 2. The van der Waals surface area contributed by atoms with Gasteiger partial charge in [-0.15, -0.1) is 0 Å². The van der Waals surface area contributed by atoms with Gasteiger partial charge in [-0.3, -0.25) is 9.78 Å². The van der Waals surface area contributed by atoms with Gasteiger partial charge in [-0.25, -0.2) is 9.78 Å². The van der Waals surface area contributed by atoms with E-state index in [0.717, 1.165) is 36.4 Å². The van der Waals surface area contributed by atoms with E-state index < -0.39 is 5.97 Å². The number of esters is 1. The minimum absolute atomic E-state index is 0.0267. The molecule has 2 heterocycles. The summed E-state index contributed by atoms with van der Waals surface area (Å²) in [7, 11) is 1.34. The third kappa shape index (κ3) is 6.88. The van der Waals surface area contributed by atoms with Gasteiger partial charge in [-0.2, -0.15) is 0 Å². The Balaban J connectivity index is 1.39. The maximum atomic E-state index is 12.8. The number of aromatic nitrogens is 2. The Labute approximate surface area is 222 Å². The number of para-hydroxylation sites is 2. The van der Waals surface area contributed by atoms with Gasteiger partial charge in [0.25, 0.3) is 5.91 Å². The first kappa shape index (κ1) is 26.7. The van der Waals surface area contributed by atoms with E-state index in [1.165, 1.54) is 13.3 Å². The normalized spacial score (nSPS) is 15.5. The molecule has 0 spiro atoms. The van der Waals surface area contributed by atoms with Crippen molar-refractivity contribution in [3.63, 3.8) is 0 Å². The van der Waals surface area contributed by atoms with E-state index in [0.29, 0.717) is 35.9 Å². The summed E-state index contributed by atoms with van der Waals surface area (Å²) in [5, 5.41) is 2.82. The van der Waals surface area contributed by atoms with Gasteiger partial charge in [0.2, 0.25) is 0 Å². The van der Waals surface area contributed by atoms with Crippen LogP contribution >= 0.6 is 0 Å². The molecule has 4 rings (SSSR count). The molecule has 1 unspecified atom stereocenters. The van der Waals surface area contributed by atoms with Crippen LogP contribution in [0.15, 0.2) is 66.5 Å². The van der Waals surface area contributed by atoms with Gasteiger partial charge in [0, 0.05) is 12.1 Å². The van der Waals surface area contributed by atoms with Crippen molar-refractivity contribution in [3.05, 3.63) is 77.6 Å². The van der Waals surface area contributed by atoms with Crippen molar-refractivity contribution >= 4 is 29.6 Å². The number of benzene rings is 2. The summed E-state index contributed by atoms with van der Waals surface area (Å²) in [6.45, 7) is 5.70. The number of nitrogens with zero attached hydrogens (tertiary/aromatic N) is 3. The second kappa shape index (κ2) is 12.7. The minimum Gasteiger partial charge on any atom is -0.490 e. The standard InChI is InChI=1S/C29H32N4O5/c1-4-37-24-9-5-6-10-25(24)38-23-8-7-15-33(19-23)27-18-30-17-26(31-27)32-28(34)20(2)16-21-11-13-22(14-12-21)29(35)36-3/h5-6,9-14,16-18,23H,4,7-8,15,19H2,1-3H3,(H,31,32,34). The molecular weight excluding hydrogens is 484 g/mol. The summed E-state index contributed by atoms with van der Waals surface area (Å²) >= 11 is 0. The van der Waals surface area contributed by atoms with E-state index in [9.17, 15) is 9.59 Å². The van der Waals surface area contributed by atoms with Crippen LogP contribution in [-0.2, 0) is 9.53 Å². The quantitative estimate of drug-likeness (QED) is 0.321. The predicted molar refractivity (Wildman–Crippen MR) is 146 cm³/mol. The number of nitrogens with one attached hydrogen (secondary N) is 1. The molecule has 1 atom stereocenters. The Morgan fingerprint density at radius 3 is 2.61 bits per heavy atom. The molecule has 1 aromatic heterocycles. The van der Waals surface area contributed by atoms with Crippen LogP contribution in [0.25, 0.3) is 6.08 Å². The molecule has 198 valence electrons. The lowest BCUT2D eigenvalue weighted by Crippen LogP contribution is -2.41. The van der Waals surface area contributed by atoms with Crippen molar-refractivity contribution in [1.29, 1.82) is 0 Å². The SMILES string of the molecule is CCOc1ccccc1OC1CCCN(c2cncc(NC(=O)C(C)=Cc3ccc(C(=O)OC)cc3)n2)C1. The van der Waals surface area contributed by atoms with Crippen LogP contribution in [0.2, 0.25) is 0 Å². The molecule has 1 aliphatic rings.